The summed E-state index contributed by atoms with van der Waals surface area (Å²) in [7, 11) is 0. The summed E-state index contributed by atoms with van der Waals surface area (Å²) in [6, 6.07) is 6.41. The molecule has 98 valence electrons. The summed E-state index contributed by atoms with van der Waals surface area (Å²) < 4.78 is 0. The standard InChI is InChI=1S/C15H22N2O/c1-2-4-15(18)17-10-3-5-13-11-12(8-9-16)6-7-14(13)17/h6-7,11H,2-5,8-10,16H2,1H3. The summed E-state index contributed by atoms with van der Waals surface area (Å²) in [5.74, 6) is 0.255. The van der Waals surface area contributed by atoms with Crippen LogP contribution in [0.5, 0.6) is 0 Å². The van der Waals surface area contributed by atoms with Gasteiger partial charge in [0.25, 0.3) is 0 Å². The van der Waals surface area contributed by atoms with Gasteiger partial charge in [0, 0.05) is 18.7 Å². The number of carbonyl (C=O) groups is 1. The molecule has 18 heavy (non-hydrogen) atoms. The highest BCUT2D eigenvalue weighted by Gasteiger charge is 2.21. The second-order valence-electron chi connectivity index (χ2n) is 4.90. The third-order valence-electron chi connectivity index (χ3n) is 3.46. The van der Waals surface area contributed by atoms with E-state index in [2.05, 4.69) is 18.2 Å². The van der Waals surface area contributed by atoms with E-state index in [-0.39, 0.29) is 5.91 Å². The fourth-order valence-corrected chi connectivity index (χ4v) is 2.58. The lowest BCUT2D eigenvalue weighted by atomic mass is 9.97. The molecule has 1 aromatic carbocycles. The molecule has 0 bridgehead atoms. The summed E-state index contributed by atoms with van der Waals surface area (Å²) in [5.41, 5.74) is 9.28. The maximum atomic E-state index is 12.1. The molecule has 1 aliphatic rings. The Bertz CT molecular complexity index is 429. The number of hydrogen-bond acceptors (Lipinski definition) is 2. The molecule has 0 radical (unpaired) electrons. The smallest absolute Gasteiger partial charge is 0.226 e. The number of benzene rings is 1. The molecule has 0 fully saturated rings. The van der Waals surface area contributed by atoms with Crippen LogP contribution in [0, 0.1) is 0 Å². The number of amides is 1. The van der Waals surface area contributed by atoms with Crippen LogP contribution in [0.1, 0.15) is 37.3 Å². The summed E-state index contributed by atoms with van der Waals surface area (Å²) >= 11 is 0. The molecule has 1 aliphatic heterocycles. The Balaban J connectivity index is 2.24. The van der Waals surface area contributed by atoms with Crippen LogP contribution in [0.25, 0.3) is 0 Å². The van der Waals surface area contributed by atoms with Crippen molar-refractivity contribution in [2.75, 3.05) is 18.0 Å². The van der Waals surface area contributed by atoms with Gasteiger partial charge in [-0.3, -0.25) is 4.79 Å². The van der Waals surface area contributed by atoms with Crippen molar-refractivity contribution in [3.05, 3.63) is 29.3 Å². The largest absolute Gasteiger partial charge is 0.330 e. The van der Waals surface area contributed by atoms with E-state index >= 15 is 0 Å². The van der Waals surface area contributed by atoms with Crippen LogP contribution in [0.4, 0.5) is 5.69 Å². The number of aryl methyl sites for hydroxylation is 1. The van der Waals surface area contributed by atoms with Gasteiger partial charge in [-0.2, -0.15) is 0 Å². The summed E-state index contributed by atoms with van der Waals surface area (Å²) in [4.78, 5) is 14.0. The van der Waals surface area contributed by atoms with Crippen LogP contribution in [0.3, 0.4) is 0 Å². The van der Waals surface area contributed by atoms with E-state index in [1.807, 2.05) is 11.8 Å². The van der Waals surface area contributed by atoms with Crippen molar-refractivity contribution in [2.45, 2.75) is 39.0 Å². The second-order valence-corrected chi connectivity index (χ2v) is 4.90. The van der Waals surface area contributed by atoms with Crippen LogP contribution in [0.2, 0.25) is 0 Å². The van der Waals surface area contributed by atoms with Gasteiger partial charge in [-0.1, -0.05) is 19.1 Å². The van der Waals surface area contributed by atoms with Crippen molar-refractivity contribution in [2.24, 2.45) is 5.73 Å². The normalized spacial score (nSPS) is 14.4. The number of rotatable bonds is 4. The number of anilines is 1. The predicted octanol–water partition coefficient (Wildman–Crippen LogP) is 2.27. The van der Waals surface area contributed by atoms with Crippen molar-refractivity contribution >= 4 is 11.6 Å². The molecule has 3 heteroatoms. The van der Waals surface area contributed by atoms with E-state index in [1.54, 1.807) is 0 Å². The highest BCUT2D eigenvalue weighted by molar-refractivity contribution is 5.94. The van der Waals surface area contributed by atoms with Crippen molar-refractivity contribution in [1.29, 1.82) is 0 Å². The monoisotopic (exact) mass is 246 g/mol. The minimum absolute atomic E-state index is 0.255. The predicted molar refractivity (Wildman–Crippen MR) is 74.8 cm³/mol. The first-order chi connectivity index (χ1) is 8.76. The highest BCUT2D eigenvalue weighted by atomic mass is 16.2. The summed E-state index contributed by atoms with van der Waals surface area (Å²) in [6.07, 6.45) is 4.61. The minimum Gasteiger partial charge on any atom is -0.330 e. The quantitative estimate of drug-likeness (QED) is 0.886. The van der Waals surface area contributed by atoms with Crippen molar-refractivity contribution in [3.63, 3.8) is 0 Å². The van der Waals surface area contributed by atoms with Crippen LogP contribution in [0.15, 0.2) is 18.2 Å². The van der Waals surface area contributed by atoms with Crippen molar-refractivity contribution in [1.82, 2.24) is 0 Å². The summed E-state index contributed by atoms with van der Waals surface area (Å²) in [5, 5.41) is 0. The molecular formula is C15H22N2O. The molecule has 0 atom stereocenters. The van der Waals surface area contributed by atoms with E-state index in [0.717, 1.165) is 37.9 Å². The zero-order chi connectivity index (χ0) is 13.0. The topological polar surface area (TPSA) is 46.3 Å². The van der Waals surface area contributed by atoms with Crippen LogP contribution in [-0.2, 0) is 17.6 Å². The fraction of sp³-hybridized carbons (Fsp3) is 0.533. The van der Waals surface area contributed by atoms with Crippen molar-refractivity contribution < 1.29 is 4.79 Å². The van der Waals surface area contributed by atoms with Crippen molar-refractivity contribution in [3.8, 4) is 0 Å². The molecule has 1 amide bonds. The molecule has 0 saturated heterocycles. The van der Waals surface area contributed by atoms with Gasteiger partial charge in [-0.25, -0.2) is 0 Å². The summed E-state index contributed by atoms with van der Waals surface area (Å²) in [6.45, 7) is 3.59. The Morgan fingerprint density at radius 3 is 3.00 bits per heavy atom. The molecule has 0 aliphatic carbocycles. The van der Waals surface area contributed by atoms with E-state index in [0.29, 0.717) is 13.0 Å². The van der Waals surface area contributed by atoms with Gasteiger partial charge in [-0.15, -0.1) is 0 Å². The van der Waals surface area contributed by atoms with Crippen LogP contribution in [-0.4, -0.2) is 19.0 Å². The molecule has 2 N–H and O–H groups in total. The second kappa shape index (κ2) is 6.01. The average molecular weight is 246 g/mol. The van der Waals surface area contributed by atoms with E-state index in [4.69, 9.17) is 5.73 Å². The lowest BCUT2D eigenvalue weighted by molar-refractivity contribution is -0.118. The molecular weight excluding hydrogens is 224 g/mol. The van der Waals surface area contributed by atoms with Crippen LogP contribution < -0.4 is 10.6 Å². The van der Waals surface area contributed by atoms with E-state index in [1.165, 1.54) is 11.1 Å². The Labute approximate surface area is 109 Å². The average Bonchev–Trinajstić information content (AvgIpc) is 2.38. The maximum Gasteiger partial charge on any atom is 0.226 e. The molecule has 1 heterocycles. The zero-order valence-corrected chi connectivity index (χ0v) is 11.1. The SMILES string of the molecule is CCCC(=O)N1CCCc2cc(CCN)ccc21. The number of fused-ring (bicyclic) bond motifs is 1. The molecule has 1 aromatic rings. The fourth-order valence-electron chi connectivity index (χ4n) is 2.58. The Hall–Kier alpha value is -1.35. The number of carbonyl (C=O) groups excluding carboxylic acids is 1. The lowest BCUT2D eigenvalue weighted by Crippen LogP contribution is -2.35. The molecule has 0 aromatic heterocycles. The van der Waals surface area contributed by atoms with E-state index < -0.39 is 0 Å². The van der Waals surface area contributed by atoms with Gasteiger partial charge in [0.1, 0.15) is 0 Å². The Morgan fingerprint density at radius 1 is 1.44 bits per heavy atom. The molecule has 2 rings (SSSR count). The lowest BCUT2D eigenvalue weighted by Gasteiger charge is -2.30. The van der Waals surface area contributed by atoms with Gasteiger partial charge < -0.3 is 10.6 Å². The Kier molecular flexibility index (Phi) is 4.37. The minimum atomic E-state index is 0.255. The van der Waals surface area contributed by atoms with E-state index in [9.17, 15) is 4.79 Å². The number of hydrogen-bond donors (Lipinski definition) is 1. The first-order valence-corrected chi connectivity index (χ1v) is 6.88. The molecule has 0 spiro atoms. The van der Waals surface area contributed by atoms with Gasteiger partial charge in [0.15, 0.2) is 0 Å². The third kappa shape index (κ3) is 2.72. The molecule has 0 unspecified atom stereocenters. The number of nitrogens with two attached hydrogens (primary N) is 1. The maximum absolute atomic E-state index is 12.1. The Morgan fingerprint density at radius 2 is 2.28 bits per heavy atom. The zero-order valence-electron chi connectivity index (χ0n) is 11.1. The van der Waals surface area contributed by atoms with Gasteiger partial charge in [0.2, 0.25) is 5.91 Å². The highest BCUT2D eigenvalue weighted by Crippen LogP contribution is 2.28. The van der Waals surface area contributed by atoms with Crippen LogP contribution >= 0.6 is 0 Å². The first kappa shape index (κ1) is 13.1. The number of nitrogens with zero attached hydrogens (tertiary/aromatic N) is 1. The van der Waals surface area contributed by atoms with Gasteiger partial charge in [0.05, 0.1) is 0 Å². The molecule has 3 nitrogen and oxygen atoms in total. The van der Waals surface area contributed by atoms with Gasteiger partial charge >= 0.3 is 0 Å². The van der Waals surface area contributed by atoms with Gasteiger partial charge in [-0.05, 0) is 49.4 Å². The first-order valence-electron chi connectivity index (χ1n) is 6.88. The third-order valence-corrected chi connectivity index (χ3v) is 3.46. The molecule has 0 saturated carbocycles.